The van der Waals surface area contributed by atoms with Crippen molar-refractivity contribution >= 4 is 11.0 Å². The summed E-state index contributed by atoms with van der Waals surface area (Å²) in [5, 5.41) is 0. The third kappa shape index (κ3) is 3.11. The SMILES string of the molecule is [C-]#[N+]C1([C@@H](NS(=O)C(C)(C)C)c2ccccc2)c2ccccc2-c2ccccc21. The minimum Gasteiger partial charge on any atom is -0.298 e. The number of hydrogen-bond acceptors (Lipinski definition) is 1. The molecule has 0 fully saturated rings. The molecule has 1 aliphatic carbocycles. The molecule has 0 bridgehead atoms. The molecular weight excluding hydrogens is 376 g/mol. The highest BCUT2D eigenvalue weighted by atomic mass is 32.2. The first kappa shape index (κ1) is 19.6. The molecule has 2 atom stereocenters. The predicted octanol–water partition coefficient (Wildman–Crippen LogP) is 5.62. The van der Waals surface area contributed by atoms with Gasteiger partial charge in [-0.1, -0.05) is 66.7 Å². The van der Waals surface area contributed by atoms with E-state index in [1.165, 1.54) is 0 Å². The number of rotatable bonds is 4. The maximum absolute atomic E-state index is 13.2. The first-order valence-corrected chi connectivity index (χ1v) is 10.9. The predicted molar refractivity (Wildman–Crippen MR) is 119 cm³/mol. The van der Waals surface area contributed by atoms with Crippen molar-refractivity contribution in [1.29, 1.82) is 0 Å². The van der Waals surface area contributed by atoms with Crippen molar-refractivity contribution in [3.63, 3.8) is 0 Å². The van der Waals surface area contributed by atoms with Crippen LogP contribution in [-0.2, 0) is 16.5 Å². The molecule has 1 unspecified atom stereocenters. The van der Waals surface area contributed by atoms with Gasteiger partial charge in [0, 0.05) is 0 Å². The van der Waals surface area contributed by atoms with Crippen molar-refractivity contribution in [3.05, 3.63) is 107 Å². The summed E-state index contributed by atoms with van der Waals surface area (Å²) in [6.45, 7) is 14.2. The fourth-order valence-corrected chi connectivity index (χ4v) is 4.94. The van der Waals surface area contributed by atoms with E-state index in [0.29, 0.717) is 0 Å². The zero-order valence-electron chi connectivity index (χ0n) is 16.8. The van der Waals surface area contributed by atoms with E-state index in [0.717, 1.165) is 27.8 Å². The molecule has 29 heavy (non-hydrogen) atoms. The fraction of sp³-hybridized carbons (Fsp3) is 0.240. The summed E-state index contributed by atoms with van der Waals surface area (Å²) in [5.74, 6) is 0. The van der Waals surface area contributed by atoms with E-state index in [4.69, 9.17) is 6.57 Å². The second-order valence-electron chi connectivity index (χ2n) is 8.31. The molecule has 0 saturated carbocycles. The third-order valence-electron chi connectivity index (χ3n) is 5.47. The molecule has 0 aromatic heterocycles. The average Bonchev–Trinajstić information content (AvgIpc) is 3.03. The summed E-state index contributed by atoms with van der Waals surface area (Å²) in [7, 11) is -1.34. The van der Waals surface area contributed by atoms with Crippen molar-refractivity contribution in [1.82, 2.24) is 4.72 Å². The van der Waals surface area contributed by atoms with Gasteiger partial charge >= 0.3 is 5.54 Å². The summed E-state index contributed by atoms with van der Waals surface area (Å²) >= 11 is 0. The third-order valence-corrected chi connectivity index (χ3v) is 7.04. The lowest BCUT2D eigenvalue weighted by Crippen LogP contribution is -2.44. The maximum atomic E-state index is 13.2. The highest BCUT2D eigenvalue weighted by molar-refractivity contribution is 7.84. The molecule has 4 rings (SSSR count). The maximum Gasteiger partial charge on any atom is 0.303 e. The Balaban J connectivity index is 2.00. The minimum absolute atomic E-state index is 0.451. The van der Waals surface area contributed by atoms with E-state index in [1.54, 1.807) is 0 Å². The standard InChI is InChI=1S/C25H24N2OS/c1-24(2,3)29(28)27-23(18-12-6-5-7-13-18)25(26-4)21-16-10-8-14-19(21)20-15-9-11-17-22(20)25/h5-17,23,27H,1-3H3/t23-,29?/m0/s1. The van der Waals surface area contributed by atoms with Gasteiger partial charge in [0.2, 0.25) is 0 Å². The van der Waals surface area contributed by atoms with Crippen LogP contribution in [0.5, 0.6) is 0 Å². The van der Waals surface area contributed by atoms with Crippen LogP contribution in [0.1, 0.15) is 43.5 Å². The highest BCUT2D eigenvalue weighted by Crippen LogP contribution is 2.55. The molecular formula is C25H24N2OS. The van der Waals surface area contributed by atoms with Crippen LogP contribution in [0.3, 0.4) is 0 Å². The molecule has 4 heteroatoms. The van der Waals surface area contributed by atoms with Gasteiger partial charge < -0.3 is 0 Å². The summed E-state index contributed by atoms with van der Waals surface area (Å²) in [6.07, 6.45) is 0. The van der Waals surface area contributed by atoms with Crippen LogP contribution < -0.4 is 4.72 Å². The van der Waals surface area contributed by atoms with Crippen LogP contribution in [0.25, 0.3) is 16.0 Å². The molecule has 0 spiro atoms. The lowest BCUT2D eigenvalue weighted by molar-refractivity contribution is 0.474. The summed E-state index contributed by atoms with van der Waals surface area (Å²) in [4.78, 5) is 4.27. The molecule has 1 aliphatic rings. The number of nitrogens with one attached hydrogen (secondary N) is 1. The second kappa shape index (κ2) is 7.26. The average molecular weight is 401 g/mol. The van der Waals surface area contributed by atoms with Crippen LogP contribution in [0, 0.1) is 6.57 Å². The Morgan fingerprint density at radius 1 is 0.862 bits per heavy atom. The molecule has 146 valence electrons. The van der Waals surface area contributed by atoms with Gasteiger partial charge in [0.25, 0.3) is 0 Å². The minimum atomic E-state index is -1.34. The summed E-state index contributed by atoms with van der Waals surface area (Å²) < 4.78 is 16.1. The number of hydrogen-bond donors (Lipinski definition) is 1. The molecule has 0 heterocycles. The molecule has 3 aromatic carbocycles. The van der Waals surface area contributed by atoms with E-state index in [-0.39, 0.29) is 0 Å². The molecule has 1 N–H and O–H groups in total. The lowest BCUT2D eigenvalue weighted by Gasteiger charge is -2.32. The molecule has 0 amide bonds. The summed E-state index contributed by atoms with van der Waals surface area (Å²) in [5.41, 5.74) is 4.03. The van der Waals surface area contributed by atoms with Crippen molar-refractivity contribution < 1.29 is 4.21 Å². The zero-order valence-corrected chi connectivity index (χ0v) is 17.7. The van der Waals surface area contributed by atoms with Gasteiger partial charge in [-0.25, -0.2) is 15.5 Å². The molecule has 3 aromatic rings. The lowest BCUT2D eigenvalue weighted by atomic mass is 9.78. The molecule has 3 nitrogen and oxygen atoms in total. The van der Waals surface area contributed by atoms with Crippen molar-refractivity contribution in [3.8, 4) is 11.1 Å². The van der Waals surface area contributed by atoms with Gasteiger partial charge in [-0.3, -0.25) is 4.85 Å². The van der Waals surface area contributed by atoms with Gasteiger partial charge in [0.15, 0.2) is 0 Å². The number of benzene rings is 3. The van der Waals surface area contributed by atoms with E-state index in [9.17, 15) is 4.21 Å². The zero-order chi connectivity index (χ0) is 20.6. The van der Waals surface area contributed by atoms with Gasteiger partial charge in [-0.15, -0.1) is 0 Å². The van der Waals surface area contributed by atoms with Crippen molar-refractivity contribution in [2.45, 2.75) is 37.1 Å². The van der Waals surface area contributed by atoms with Crippen LogP contribution in [-0.4, -0.2) is 8.96 Å². The van der Waals surface area contributed by atoms with Crippen molar-refractivity contribution in [2.75, 3.05) is 0 Å². The van der Waals surface area contributed by atoms with Gasteiger partial charge in [0.1, 0.15) is 6.04 Å². The van der Waals surface area contributed by atoms with Crippen LogP contribution in [0.2, 0.25) is 0 Å². The summed E-state index contributed by atoms with van der Waals surface area (Å²) in [6, 6.07) is 25.6. The van der Waals surface area contributed by atoms with Crippen molar-refractivity contribution in [2.24, 2.45) is 0 Å². The number of fused-ring (bicyclic) bond motifs is 3. The Morgan fingerprint density at radius 3 is 1.83 bits per heavy atom. The Bertz CT molecular complexity index is 1060. The van der Waals surface area contributed by atoms with Gasteiger partial charge in [-0.05, 0) is 49.6 Å². The number of nitrogens with zero attached hydrogens (tertiary/aromatic N) is 1. The second-order valence-corrected chi connectivity index (χ2v) is 10.3. The highest BCUT2D eigenvalue weighted by Gasteiger charge is 2.56. The van der Waals surface area contributed by atoms with E-state index in [2.05, 4.69) is 21.7 Å². The van der Waals surface area contributed by atoms with Gasteiger partial charge in [0.05, 0.1) is 26.9 Å². The fourth-order valence-electron chi connectivity index (χ4n) is 4.07. The van der Waals surface area contributed by atoms with E-state index < -0.39 is 27.3 Å². The first-order chi connectivity index (χ1) is 13.9. The Morgan fingerprint density at radius 2 is 1.34 bits per heavy atom. The van der Waals surface area contributed by atoms with E-state index >= 15 is 0 Å². The van der Waals surface area contributed by atoms with Crippen LogP contribution >= 0.6 is 0 Å². The molecule has 0 aliphatic heterocycles. The Hall–Kier alpha value is -2.74. The molecule has 0 saturated heterocycles. The smallest absolute Gasteiger partial charge is 0.298 e. The van der Waals surface area contributed by atoms with Crippen LogP contribution in [0.4, 0.5) is 0 Å². The van der Waals surface area contributed by atoms with E-state index in [1.807, 2.05) is 87.5 Å². The monoisotopic (exact) mass is 400 g/mol. The Kier molecular flexibility index (Phi) is 4.90. The van der Waals surface area contributed by atoms with Gasteiger partial charge in [-0.2, -0.15) is 0 Å². The topological polar surface area (TPSA) is 33.5 Å². The quantitative estimate of drug-likeness (QED) is 0.566. The first-order valence-electron chi connectivity index (χ1n) is 9.70. The molecule has 0 radical (unpaired) electrons. The normalized spacial score (nSPS) is 16.3. The Labute approximate surface area is 175 Å². The largest absolute Gasteiger partial charge is 0.303 e. The van der Waals surface area contributed by atoms with Crippen LogP contribution in [0.15, 0.2) is 78.9 Å².